The van der Waals surface area contributed by atoms with Gasteiger partial charge in [0.15, 0.2) is 0 Å². The Morgan fingerprint density at radius 1 is 1.32 bits per heavy atom. The Kier molecular flexibility index (Phi) is 3.81. The number of aromatic nitrogens is 2. The first-order valence-electron chi connectivity index (χ1n) is 6.89. The maximum absolute atomic E-state index is 13.4. The topological polar surface area (TPSA) is 29.9 Å². The summed E-state index contributed by atoms with van der Waals surface area (Å²) in [5.74, 6) is -2.04. The van der Waals surface area contributed by atoms with E-state index in [4.69, 9.17) is 0 Å². The molecule has 1 atom stereocenters. The van der Waals surface area contributed by atoms with Crippen LogP contribution in [0.2, 0.25) is 0 Å². The molecule has 2 heterocycles. The Balaban J connectivity index is 1.85. The molecule has 1 aliphatic heterocycles. The second kappa shape index (κ2) is 5.27. The summed E-state index contributed by atoms with van der Waals surface area (Å²) in [4.78, 5) is 0. The Bertz CT molecular complexity index is 455. The lowest BCUT2D eigenvalue weighted by Gasteiger charge is -2.25. The standard InChI is InChI=1S/C13H18F2IN3/c14-13(15)4-1-10(8-13)19-11(7-12(16)18-19)9-2-5-17-6-3-9/h7,9-10,17H,1-6,8H2. The fraction of sp³-hybridized carbons (Fsp3) is 0.769. The fourth-order valence-corrected chi connectivity index (χ4v) is 3.78. The van der Waals surface area contributed by atoms with Crippen molar-refractivity contribution >= 4 is 22.6 Å². The number of alkyl halides is 2. The summed E-state index contributed by atoms with van der Waals surface area (Å²) in [6.07, 6.45) is 2.64. The third kappa shape index (κ3) is 2.94. The lowest BCUT2D eigenvalue weighted by atomic mass is 9.94. The summed E-state index contributed by atoms with van der Waals surface area (Å²) in [5, 5.41) is 7.82. The van der Waals surface area contributed by atoms with Gasteiger partial charge >= 0.3 is 0 Å². The molecule has 1 N–H and O–H groups in total. The van der Waals surface area contributed by atoms with E-state index in [0.29, 0.717) is 12.3 Å². The molecule has 0 aromatic carbocycles. The molecule has 0 radical (unpaired) electrons. The summed E-state index contributed by atoms with van der Waals surface area (Å²) < 4.78 is 29.6. The first kappa shape index (κ1) is 13.7. The molecule has 6 heteroatoms. The number of piperidine rings is 1. The maximum atomic E-state index is 13.4. The van der Waals surface area contributed by atoms with Crippen LogP contribution in [-0.2, 0) is 0 Å². The second-order valence-corrected chi connectivity index (χ2v) is 6.72. The zero-order valence-electron chi connectivity index (χ0n) is 10.7. The fourth-order valence-electron chi connectivity index (χ4n) is 3.23. The van der Waals surface area contributed by atoms with Gasteiger partial charge in [0.25, 0.3) is 0 Å². The molecule has 2 fully saturated rings. The van der Waals surface area contributed by atoms with E-state index in [2.05, 4.69) is 39.1 Å². The van der Waals surface area contributed by atoms with E-state index in [0.717, 1.165) is 35.3 Å². The van der Waals surface area contributed by atoms with Crippen LogP contribution in [-0.4, -0.2) is 28.8 Å². The van der Waals surface area contributed by atoms with E-state index in [1.807, 2.05) is 4.68 Å². The molecule has 1 saturated carbocycles. The van der Waals surface area contributed by atoms with Crippen molar-refractivity contribution < 1.29 is 8.78 Å². The molecule has 1 aliphatic carbocycles. The molecule has 2 aliphatic rings. The van der Waals surface area contributed by atoms with Gasteiger partial charge in [0.1, 0.15) is 3.70 Å². The molecule has 3 rings (SSSR count). The molecule has 3 nitrogen and oxygen atoms in total. The largest absolute Gasteiger partial charge is 0.317 e. The first-order valence-corrected chi connectivity index (χ1v) is 7.96. The minimum atomic E-state index is -2.51. The van der Waals surface area contributed by atoms with Crippen molar-refractivity contribution in [3.63, 3.8) is 0 Å². The monoisotopic (exact) mass is 381 g/mol. The zero-order valence-corrected chi connectivity index (χ0v) is 12.9. The molecule has 106 valence electrons. The highest BCUT2D eigenvalue weighted by atomic mass is 127. The predicted molar refractivity (Wildman–Crippen MR) is 77.6 cm³/mol. The van der Waals surface area contributed by atoms with Crippen LogP contribution in [0.3, 0.4) is 0 Å². The number of nitrogens with zero attached hydrogens (tertiary/aromatic N) is 2. The van der Waals surface area contributed by atoms with Gasteiger partial charge in [-0.15, -0.1) is 0 Å². The normalized spacial score (nSPS) is 27.8. The van der Waals surface area contributed by atoms with Crippen molar-refractivity contribution in [2.75, 3.05) is 13.1 Å². The highest BCUT2D eigenvalue weighted by molar-refractivity contribution is 14.1. The molecule has 0 spiro atoms. The lowest BCUT2D eigenvalue weighted by Crippen LogP contribution is -2.28. The summed E-state index contributed by atoms with van der Waals surface area (Å²) in [6.45, 7) is 2.01. The van der Waals surface area contributed by atoms with Crippen molar-refractivity contribution in [1.82, 2.24) is 15.1 Å². The third-order valence-corrected chi connectivity index (χ3v) is 4.74. The molecule has 1 aromatic heterocycles. The quantitative estimate of drug-likeness (QED) is 0.797. The van der Waals surface area contributed by atoms with Crippen molar-refractivity contribution in [2.24, 2.45) is 0 Å². The van der Waals surface area contributed by atoms with Gasteiger partial charge in [0.05, 0.1) is 6.04 Å². The first-order chi connectivity index (χ1) is 9.05. The van der Waals surface area contributed by atoms with E-state index >= 15 is 0 Å². The van der Waals surface area contributed by atoms with Crippen molar-refractivity contribution in [1.29, 1.82) is 0 Å². The van der Waals surface area contributed by atoms with Gasteiger partial charge in [-0.3, -0.25) is 4.68 Å². The third-order valence-electron chi connectivity index (χ3n) is 4.22. The predicted octanol–water partition coefficient (Wildman–Crippen LogP) is 3.32. The molecule has 1 unspecified atom stereocenters. The minimum Gasteiger partial charge on any atom is -0.317 e. The van der Waals surface area contributed by atoms with Gasteiger partial charge in [0, 0.05) is 24.5 Å². The molecule has 0 bridgehead atoms. The van der Waals surface area contributed by atoms with Crippen LogP contribution in [0.15, 0.2) is 6.07 Å². The summed E-state index contributed by atoms with van der Waals surface area (Å²) in [6, 6.07) is 1.95. The molecule has 1 saturated heterocycles. The van der Waals surface area contributed by atoms with Gasteiger partial charge < -0.3 is 5.32 Å². The second-order valence-electron chi connectivity index (χ2n) is 5.61. The highest BCUT2D eigenvalue weighted by Gasteiger charge is 2.41. The summed E-state index contributed by atoms with van der Waals surface area (Å²) in [7, 11) is 0. The Labute approximate surface area is 125 Å². The van der Waals surface area contributed by atoms with E-state index < -0.39 is 5.92 Å². The summed E-state index contributed by atoms with van der Waals surface area (Å²) >= 11 is 2.18. The van der Waals surface area contributed by atoms with Gasteiger partial charge in [-0.1, -0.05) is 0 Å². The molecular formula is C13H18F2IN3. The van der Waals surface area contributed by atoms with Crippen LogP contribution in [0.5, 0.6) is 0 Å². The van der Waals surface area contributed by atoms with Gasteiger partial charge in [-0.2, -0.15) is 5.10 Å². The number of hydrogen-bond acceptors (Lipinski definition) is 2. The van der Waals surface area contributed by atoms with Gasteiger partial charge in [-0.25, -0.2) is 8.78 Å². The minimum absolute atomic E-state index is 0.000230. The number of halogens is 3. The average Bonchev–Trinajstić information content (AvgIpc) is 2.93. The van der Waals surface area contributed by atoms with Crippen molar-refractivity contribution in [3.8, 4) is 0 Å². The maximum Gasteiger partial charge on any atom is 0.250 e. The molecule has 19 heavy (non-hydrogen) atoms. The molecule has 1 aromatic rings. The number of hydrogen-bond donors (Lipinski definition) is 1. The zero-order chi connectivity index (χ0) is 13.5. The average molecular weight is 381 g/mol. The highest BCUT2D eigenvalue weighted by Crippen LogP contribution is 2.43. The number of nitrogens with one attached hydrogen (secondary N) is 1. The Morgan fingerprint density at radius 3 is 2.68 bits per heavy atom. The number of rotatable bonds is 2. The smallest absolute Gasteiger partial charge is 0.250 e. The summed E-state index contributed by atoms with van der Waals surface area (Å²) in [5.41, 5.74) is 1.16. The Hall–Kier alpha value is -0.240. The molecular weight excluding hydrogens is 363 g/mol. The van der Waals surface area contributed by atoms with Crippen LogP contribution in [0.1, 0.15) is 49.8 Å². The SMILES string of the molecule is FC1(F)CCC(n2nc(I)cc2C2CCNCC2)C1. The lowest BCUT2D eigenvalue weighted by molar-refractivity contribution is 0.00502. The van der Waals surface area contributed by atoms with Crippen LogP contribution in [0.4, 0.5) is 8.78 Å². The van der Waals surface area contributed by atoms with E-state index in [-0.39, 0.29) is 18.9 Å². The van der Waals surface area contributed by atoms with Gasteiger partial charge in [-0.05, 0) is 61.0 Å². The van der Waals surface area contributed by atoms with Crippen LogP contribution in [0.25, 0.3) is 0 Å². The van der Waals surface area contributed by atoms with Crippen molar-refractivity contribution in [3.05, 3.63) is 15.5 Å². The molecule has 0 amide bonds. The van der Waals surface area contributed by atoms with Gasteiger partial charge in [0.2, 0.25) is 5.92 Å². The van der Waals surface area contributed by atoms with E-state index in [9.17, 15) is 8.78 Å². The Morgan fingerprint density at radius 2 is 2.05 bits per heavy atom. The van der Waals surface area contributed by atoms with Crippen LogP contribution < -0.4 is 5.32 Å². The van der Waals surface area contributed by atoms with E-state index in [1.165, 1.54) is 0 Å². The van der Waals surface area contributed by atoms with E-state index in [1.54, 1.807) is 0 Å². The van der Waals surface area contributed by atoms with Crippen LogP contribution >= 0.6 is 22.6 Å². The van der Waals surface area contributed by atoms with Crippen LogP contribution in [0, 0.1) is 3.70 Å². The van der Waals surface area contributed by atoms with Crippen molar-refractivity contribution in [2.45, 2.75) is 50.0 Å².